The summed E-state index contributed by atoms with van der Waals surface area (Å²) in [5, 5.41) is 0. The summed E-state index contributed by atoms with van der Waals surface area (Å²) in [6.07, 6.45) is 0. The van der Waals surface area contributed by atoms with Crippen LogP contribution in [-0.2, 0) is 4.74 Å². The molecule has 4 heteroatoms. The first-order chi connectivity index (χ1) is 7.21. The lowest BCUT2D eigenvalue weighted by molar-refractivity contribution is -0.108. The van der Waals surface area contributed by atoms with Gasteiger partial charge in [0.1, 0.15) is 17.8 Å². The van der Waals surface area contributed by atoms with Gasteiger partial charge in [-0.2, -0.15) is 0 Å². The van der Waals surface area contributed by atoms with Gasteiger partial charge >= 0.3 is 0 Å². The summed E-state index contributed by atoms with van der Waals surface area (Å²) in [6.45, 7) is 1.41. The summed E-state index contributed by atoms with van der Waals surface area (Å²) in [7, 11) is 0. The van der Waals surface area contributed by atoms with Crippen LogP contribution in [0.2, 0.25) is 0 Å². The number of carbonyl (C=O) groups excluding carboxylic acids is 1. The molecule has 0 bridgehead atoms. The van der Waals surface area contributed by atoms with Gasteiger partial charge in [-0.25, -0.2) is 0 Å². The van der Waals surface area contributed by atoms with Gasteiger partial charge < -0.3 is 9.47 Å². The van der Waals surface area contributed by atoms with Crippen molar-refractivity contribution >= 4 is 21.7 Å². The van der Waals surface area contributed by atoms with Gasteiger partial charge in [0.05, 0.1) is 18.8 Å². The van der Waals surface area contributed by atoms with Crippen molar-refractivity contribution < 1.29 is 14.3 Å². The molecule has 0 saturated carbocycles. The van der Waals surface area contributed by atoms with Crippen molar-refractivity contribution in [3.8, 4) is 5.75 Å². The molecule has 0 aromatic heterocycles. The molecule has 0 unspecified atom stereocenters. The minimum atomic E-state index is -0.409. The third-order valence-corrected chi connectivity index (χ3v) is 3.42. The van der Waals surface area contributed by atoms with Gasteiger partial charge in [0, 0.05) is 4.47 Å². The number of carbonyl (C=O) groups is 1. The molecule has 3 nitrogen and oxygen atoms in total. The van der Waals surface area contributed by atoms with E-state index in [1.165, 1.54) is 0 Å². The fourth-order valence-electron chi connectivity index (χ4n) is 1.94. The van der Waals surface area contributed by atoms with Gasteiger partial charge in [-0.3, -0.25) is 4.79 Å². The molecular weight excluding hydrogens is 260 g/mol. The maximum atomic E-state index is 12.2. The number of rotatable bonds is 0. The standard InChI is InChI=1S/C11H9BrO3/c12-7-1-2-9-8(3-7)10(13)11(6-15-9)4-14-5-11/h1-3H,4-6H2. The zero-order valence-electron chi connectivity index (χ0n) is 7.96. The summed E-state index contributed by atoms with van der Waals surface area (Å²) < 4.78 is 11.6. The number of halogens is 1. The van der Waals surface area contributed by atoms with Gasteiger partial charge in [0.25, 0.3) is 0 Å². The Bertz CT molecular complexity index is 437. The number of hydrogen-bond donors (Lipinski definition) is 0. The van der Waals surface area contributed by atoms with E-state index in [4.69, 9.17) is 9.47 Å². The van der Waals surface area contributed by atoms with Crippen molar-refractivity contribution in [2.45, 2.75) is 0 Å². The molecule has 1 spiro atoms. The minimum Gasteiger partial charge on any atom is -0.492 e. The lowest BCUT2D eigenvalue weighted by atomic mass is 9.77. The number of Topliss-reactive ketones (excluding diaryl/α,β-unsaturated/α-hetero) is 1. The molecule has 1 saturated heterocycles. The predicted octanol–water partition coefficient (Wildman–Crippen LogP) is 2.04. The highest BCUT2D eigenvalue weighted by Gasteiger charge is 2.50. The van der Waals surface area contributed by atoms with Crippen LogP contribution in [0.1, 0.15) is 10.4 Å². The van der Waals surface area contributed by atoms with E-state index >= 15 is 0 Å². The van der Waals surface area contributed by atoms with Crippen LogP contribution >= 0.6 is 15.9 Å². The maximum Gasteiger partial charge on any atom is 0.180 e. The van der Waals surface area contributed by atoms with Gasteiger partial charge in [0.2, 0.25) is 0 Å². The fourth-order valence-corrected chi connectivity index (χ4v) is 2.30. The van der Waals surface area contributed by atoms with E-state index in [-0.39, 0.29) is 5.78 Å². The Labute approximate surface area is 95.5 Å². The quantitative estimate of drug-likeness (QED) is 0.723. The second-order valence-corrected chi connectivity index (χ2v) is 4.95. The van der Waals surface area contributed by atoms with Gasteiger partial charge in [0.15, 0.2) is 5.78 Å². The van der Waals surface area contributed by atoms with Crippen LogP contribution in [0.4, 0.5) is 0 Å². The lowest BCUT2D eigenvalue weighted by Gasteiger charge is -2.42. The van der Waals surface area contributed by atoms with Gasteiger partial charge in [-0.1, -0.05) is 15.9 Å². The lowest BCUT2D eigenvalue weighted by Crippen LogP contribution is -2.55. The normalized spacial score (nSPS) is 21.8. The van der Waals surface area contributed by atoms with Crippen molar-refractivity contribution in [2.24, 2.45) is 5.41 Å². The zero-order valence-corrected chi connectivity index (χ0v) is 9.54. The van der Waals surface area contributed by atoms with Crippen LogP contribution in [0.15, 0.2) is 22.7 Å². The smallest absolute Gasteiger partial charge is 0.180 e. The molecule has 1 aromatic carbocycles. The summed E-state index contributed by atoms with van der Waals surface area (Å²) in [6, 6.07) is 5.52. The minimum absolute atomic E-state index is 0.149. The first kappa shape index (κ1) is 9.36. The predicted molar refractivity (Wildman–Crippen MR) is 57.2 cm³/mol. The van der Waals surface area contributed by atoms with E-state index < -0.39 is 5.41 Å². The molecule has 0 N–H and O–H groups in total. The topological polar surface area (TPSA) is 35.5 Å². The van der Waals surface area contributed by atoms with Gasteiger partial charge in [-0.15, -0.1) is 0 Å². The Hall–Kier alpha value is -0.870. The average Bonchev–Trinajstić information content (AvgIpc) is 2.17. The number of hydrogen-bond acceptors (Lipinski definition) is 3. The van der Waals surface area contributed by atoms with Crippen LogP contribution in [0, 0.1) is 5.41 Å². The summed E-state index contributed by atoms with van der Waals surface area (Å²) in [5.74, 6) is 0.831. The Kier molecular flexibility index (Phi) is 1.91. The molecular formula is C11H9BrO3. The Balaban J connectivity index is 2.08. The highest BCUT2D eigenvalue weighted by atomic mass is 79.9. The van der Waals surface area contributed by atoms with E-state index in [2.05, 4.69) is 15.9 Å². The van der Waals surface area contributed by atoms with Crippen LogP contribution in [-0.4, -0.2) is 25.6 Å². The van der Waals surface area contributed by atoms with Crippen molar-refractivity contribution in [3.63, 3.8) is 0 Å². The first-order valence-electron chi connectivity index (χ1n) is 4.76. The second kappa shape index (κ2) is 3.06. The highest BCUT2D eigenvalue weighted by molar-refractivity contribution is 9.10. The second-order valence-electron chi connectivity index (χ2n) is 4.03. The largest absolute Gasteiger partial charge is 0.492 e. The molecule has 0 atom stereocenters. The van der Waals surface area contributed by atoms with Crippen molar-refractivity contribution in [3.05, 3.63) is 28.2 Å². The fraction of sp³-hybridized carbons (Fsp3) is 0.364. The SMILES string of the molecule is O=C1c2cc(Br)ccc2OCC12COC2. The molecule has 0 radical (unpaired) electrons. The number of benzene rings is 1. The Morgan fingerprint density at radius 1 is 1.27 bits per heavy atom. The van der Waals surface area contributed by atoms with E-state index in [0.29, 0.717) is 31.1 Å². The maximum absolute atomic E-state index is 12.2. The van der Waals surface area contributed by atoms with Gasteiger partial charge in [-0.05, 0) is 18.2 Å². The molecule has 2 aliphatic heterocycles. The van der Waals surface area contributed by atoms with E-state index in [0.717, 1.165) is 4.47 Å². The zero-order chi connectivity index (χ0) is 10.5. The number of ketones is 1. The monoisotopic (exact) mass is 268 g/mol. The van der Waals surface area contributed by atoms with E-state index in [1.54, 1.807) is 0 Å². The highest BCUT2D eigenvalue weighted by Crippen LogP contribution is 2.40. The summed E-state index contributed by atoms with van der Waals surface area (Å²) in [4.78, 5) is 12.2. The van der Waals surface area contributed by atoms with Crippen LogP contribution in [0.25, 0.3) is 0 Å². The molecule has 1 fully saturated rings. The Morgan fingerprint density at radius 2 is 2.07 bits per heavy atom. The van der Waals surface area contributed by atoms with Crippen molar-refractivity contribution in [1.29, 1.82) is 0 Å². The molecule has 15 heavy (non-hydrogen) atoms. The molecule has 3 rings (SSSR count). The van der Waals surface area contributed by atoms with E-state index in [1.807, 2.05) is 18.2 Å². The van der Waals surface area contributed by atoms with E-state index in [9.17, 15) is 4.79 Å². The summed E-state index contributed by atoms with van der Waals surface area (Å²) >= 11 is 3.36. The first-order valence-corrected chi connectivity index (χ1v) is 5.55. The average molecular weight is 269 g/mol. The van der Waals surface area contributed by atoms with Crippen molar-refractivity contribution in [1.82, 2.24) is 0 Å². The number of ether oxygens (including phenoxy) is 2. The third-order valence-electron chi connectivity index (χ3n) is 2.93. The van der Waals surface area contributed by atoms with Crippen LogP contribution in [0.3, 0.4) is 0 Å². The molecule has 0 amide bonds. The molecule has 2 aliphatic rings. The van der Waals surface area contributed by atoms with Crippen LogP contribution < -0.4 is 4.74 Å². The third kappa shape index (κ3) is 1.25. The molecule has 2 heterocycles. The van der Waals surface area contributed by atoms with Crippen LogP contribution in [0.5, 0.6) is 5.75 Å². The molecule has 78 valence electrons. The molecule has 0 aliphatic carbocycles. The molecule has 1 aromatic rings. The Morgan fingerprint density at radius 3 is 2.73 bits per heavy atom. The van der Waals surface area contributed by atoms with Crippen molar-refractivity contribution in [2.75, 3.05) is 19.8 Å². The number of fused-ring (bicyclic) bond motifs is 1. The summed E-state index contributed by atoms with van der Waals surface area (Å²) in [5.41, 5.74) is 0.257.